The third-order valence-corrected chi connectivity index (χ3v) is 6.45. The second kappa shape index (κ2) is 10.6. The molecule has 1 aromatic heterocycles. The van der Waals surface area contributed by atoms with E-state index in [2.05, 4.69) is 41.7 Å². The summed E-state index contributed by atoms with van der Waals surface area (Å²) in [4.78, 5) is 12.8. The van der Waals surface area contributed by atoms with Crippen LogP contribution in [0.3, 0.4) is 0 Å². The Morgan fingerprint density at radius 2 is 1.73 bits per heavy atom. The predicted molar refractivity (Wildman–Crippen MR) is 149 cm³/mol. The molecule has 0 aliphatic carbocycles. The Hall–Kier alpha value is -4.51. The van der Waals surface area contributed by atoms with Gasteiger partial charge in [0.05, 0.1) is 20.0 Å². The van der Waals surface area contributed by atoms with Crippen molar-refractivity contribution < 1.29 is 18.7 Å². The van der Waals surface area contributed by atoms with E-state index in [1.807, 2.05) is 56.3 Å². The van der Waals surface area contributed by atoms with Crippen LogP contribution in [0.4, 0.5) is 0 Å². The van der Waals surface area contributed by atoms with Crippen molar-refractivity contribution in [2.75, 3.05) is 13.7 Å². The lowest BCUT2D eigenvalue weighted by atomic mass is 9.96. The first-order chi connectivity index (χ1) is 18.1. The lowest BCUT2D eigenvalue weighted by Gasteiger charge is -2.12. The lowest BCUT2D eigenvalue weighted by molar-refractivity contribution is -0.116. The molecule has 1 heterocycles. The summed E-state index contributed by atoms with van der Waals surface area (Å²) in [6.07, 6.45) is 3.41. The highest BCUT2D eigenvalue weighted by atomic mass is 16.5. The molecular weight excluding hydrogens is 462 g/mol. The normalized spacial score (nSPS) is 11.6. The van der Waals surface area contributed by atoms with Gasteiger partial charge in [0, 0.05) is 35.2 Å². The number of fused-ring (bicyclic) bond motifs is 2. The summed E-state index contributed by atoms with van der Waals surface area (Å²) in [5.74, 6) is 1.30. The molecule has 0 fully saturated rings. The van der Waals surface area contributed by atoms with E-state index in [-0.39, 0.29) is 5.91 Å². The second-order valence-electron chi connectivity index (χ2n) is 8.85. The van der Waals surface area contributed by atoms with Gasteiger partial charge >= 0.3 is 0 Å². The zero-order valence-electron chi connectivity index (χ0n) is 21.2. The van der Waals surface area contributed by atoms with Crippen molar-refractivity contribution in [3.05, 3.63) is 102 Å². The molecule has 0 atom stereocenters. The maximum Gasteiger partial charge on any atom is 0.244 e. The van der Waals surface area contributed by atoms with E-state index in [0.717, 1.165) is 49.9 Å². The standard InChI is InChI=1S/C32H29NO4/c1-4-36-30-18-31-28(29(20-37-31)26-11-7-9-23-8-5-6-10-25(23)26)17-27(30)21(2)16-32(34)33-19-22-12-14-24(35-3)15-13-22/h5-18,20H,4,19H2,1-3H3,(H,33,34)/b21-16+. The summed E-state index contributed by atoms with van der Waals surface area (Å²) in [6, 6.07) is 26.2. The first-order valence-corrected chi connectivity index (χ1v) is 12.3. The summed E-state index contributed by atoms with van der Waals surface area (Å²) < 4.78 is 17.1. The molecule has 0 bridgehead atoms. The summed E-state index contributed by atoms with van der Waals surface area (Å²) in [7, 11) is 1.63. The molecule has 4 aromatic carbocycles. The fourth-order valence-corrected chi connectivity index (χ4v) is 4.56. The van der Waals surface area contributed by atoms with Crippen molar-refractivity contribution in [2.45, 2.75) is 20.4 Å². The van der Waals surface area contributed by atoms with E-state index in [0.29, 0.717) is 18.9 Å². The average Bonchev–Trinajstić information content (AvgIpc) is 3.34. The van der Waals surface area contributed by atoms with Gasteiger partial charge in [0.15, 0.2) is 0 Å². The number of allylic oxidation sites excluding steroid dienone is 1. The molecule has 5 aromatic rings. The van der Waals surface area contributed by atoms with Gasteiger partial charge in [-0.3, -0.25) is 4.79 Å². The van der Waals surface area contributed by atoms with Crippen molar-refractivity contribution >= 4 is 33.2 Å². The van der Waals surface area contributed by atoms with Crippen molar-refractivity contribution in [1.29, 1.82) is 0 Å². The topological polar surface area (TPSA) is 60.7 Å². The number of amides is 1. The summed E-state index contributed by atoms with van der Waals surface area (Å²) in [6.45, 7) is 4.80. The van der Waals surface area contributed by atoms with Gasteiger partial charge in [-0.25, -0.2) is 0 Å². The fraction of sp³-hybridized carbons (Fsp3) is 0.156. The van der Waals surface area contributed by atoms with E-state index in [4.69, 9.17) is 13.9 Å². The molecule has 1 N–H and O–H groups in total. The van der Waals surface area contributed by atoms with Gasteiger partial charge in [-0.05, 0) is 59.5 Å². The lowest BCUT2D eigenvalue weighted by Crippen LogP contribution is -2.20. The van der Waals surface area contributed by atoms with E-state index in [9.17, 15) is 4.79 Å². The number of ether oxygens (including phenoxy) is 2. The minimum Gasteiger partial charge on any atom is -0.497 e. The Labute approximate surface area is 216 Å². The maximum absolute atomic E-state index is 12.8. The van der Waals surface area contributed by atoms with Gasteiger partial charge in [0.1, 0.15) is 17.1 Å². The number of rotatable bonds is 8. The first kappa shape index (κ1) is 24.2. The Morgan fingerprint density at radius 1 is 0.946 bits per heavy atom. The fourth-order valence-electron chi connectivity index (χ4n) is 4.56. The summed E-state index contributed by atoms with van der Waals surface area (Å²) in [5.41, 5.74) is 5.51. The van der Waals surface area contributed by atoms with Crippen LogP contribution in [0.25, 0.3) is 38.4 Å². The van der Waals surface area contributed by atoms with E-state index in [1.165, 1.54) is 5.39 Å². The molecule has 0 saturated carbocycles. The SMILES string of the molecule is CCOc1cc2occ(-c3cccc4ccccc34)c2cc1/C(C)=C/C(=O)NCc1ccc(OC)cc1. The molecule has 1 amide bonds. The highest BCUT2D eigenvalue weighted by Crippen LogP contribution is 2.39. The van der Waals surface area contributed by atoms with Gasteiger partial charge in [-0.2, -0.15) is 0 Å². The quantitative estimate of drug-likeness (QED) is 0.230. The van der Waals surface area contributed by atoms with Gasteiger partial charge < -0.3 is 19.2 Å². The smallest absolute Gasteiger partial charge is 0.244 e. The van der Waals surface area contributed by atoms with Gasteiger partial charge in [-0.15, -0.1) is 0 Å². The zero-order valence-corrected chi connectivity index (χ0v) is 21.2. The minimum absolute atomic E-state index is 0.169. The predicted octanol–water partition coefficient (Wildman–Crippen LogP) is 7.38. The Kier molecular flexibility index (Phi) is 6.95. The van der Waals surface area contributed by atoms with Crippen molar-refractivity contribution in [2.24, 2.45) is 0 Å². The van der Waals surface area contributed by atoms with Gasteiger partial charge in [0.25, 0.3) is 0 Å². The molecule has 0 spiro atoms. The summed E-state index contributed by atoms with van der Waals surface area (Å²) >= 11 is 0. The second-order valence-corrected chi connectivity index (χ2v) is 8.85. The van der Waals surface area contributed by atoms with Crippen molar-refractivity contribution in [1.82, 2.24) is 5.32 Å². The molecule has 186 valence electrons. The number of carbonyl (C=O) groups is 1. The Bertz CT molecular complexity index is 1590. The number of hydrogen-bond donors (Lipinski definition) is 1. The van der Waals surface area contributed by atoms with Crippen LogP contribution in [-0.4, -0.2) is 19.6 Å². The number of hydrogen-bond acceptors (Lipinski definition) is 4. The molecule has 5 heteroatoms. The molecule has 5 nitrogen and oxygen atoms in total. The van der Waals surface area contributed by atoms with Crippen LogP contribution >= 0.6 is 0 Å². The van der Waals surface area contributed by atoms with E-state index < -0.39 is 0 Å². The van der Waals surface area contributed by atoms with Gasteiger partial charge in [0.2, 0.25) is 5.91 Å². The highest BCUT2D eigenvalue weighted by molar-refractivity contribution is 6.06. The van der Waals surface area contributed by atoms with Crippen molar-refractivity contribution in [3.8, 4) is 22.6 Å². The molecular formula is C32H29NO4. The maximum atomic E-state index is 12.8. The average molecular weight is 492 g/mol. The Morgan fingerprint density at radius 3 is 2.51 bits per heavy atom. The van der Waals surface area contributed by atoms with Crippen molar-refractivity contribution in [3.63, 3.8) is 0 Å². The molecule has 0 radical (unpaired) electrons. The molecule has 5 rings (SSSR count). The number of benzene rings is 4. The van der Waals surface area contributed by atoms with Crippen LogP contribution in [0.15, 0.2) is 95.6 Å². The van der Waals surface area contributed by atoms with E-state index >= 15 is 0 Å². The highest BCUT2D eigenvalue weighted by Gasteiger charge is 2.16. The molecule has 0 unspecified atom stereocenters. The van der Waals surface area contributed by atoms with Crippen LogP contribution in [0, 0.1) is 0 Å². The molecule has 0 aliphatic heterocycles. The van der Waals surface area contributed by atoms with Crippen LogP contribution in [0.1, 0.15) is 25.0 Å². The molecule has 37 heavy (non-hydrogen) atoms. The first-order valence-electron chi connectivity index (χ1n) is 12.3. The van der Waals surface area contributed by atoms with Crippen LogP contribution in [-0.2, 0) is 11.3 Å². The number of nitrogens with one attached hydrogen (secondary N) is 1. The van der Waals surface area contributed by atoms with E-state index in [1.54, 1.807) is 19.4 Å². The monoisotopic (exact) mass is 491 g/mol. The van der Waals surface area contributed by atoms with Gasteiger partial charge in [-0.1, -0.05) is 54.6 Å². The van der Waals surface area contributed by atoms with Crippen LogP contribution in [0.5, 0.6) is 11.5 Å². The third kappa shape index (κ3) is 5.07. The Balaban J connectivity index is 1.48. The third-order valence-electron chi connectivity index (χ3n) is 6.45. The van der Waals surface area contributed by atoms with Crippen LogP contribution < -0.4 is 14.8 Å². The molecule has 0 aliphatic rings. The largest absolute Gasteiger partial charge is 0.497 e. The number of methoxy groups -OCH3 is 1. The minimum atomic E-state index is -0.169. The van der Waals surface area contributed by atoms with Crippen LogP contribution in [0.2, 0.25) is 0 Å². The summed E-state index contributed by atoms with van der Waals surface area (Å²) in [5, 5.41) is 6.27. The zero-order chi connectivity index (χ0) is 25.8. The molecule has 0 saturated heterocycles. The number of carbonyl (C=O) groups excluding carboxylic acids is 1. The number of furan rings is 1.